The summed E-state index contributed by atoms with van der Waals surface area (Å²) in [4.78, 5) is 14.5. The van der Waals surface area contributed by atoms with Crippen LogP contribution in [0.3, 0.4) is 0 Å². The molecule has 0 spiro atoms. The molecule has 1 amide bonds. The molecule has 20 heavy (non-hydrogen) atoms. The number of hydrogen-bond donors (Lipinski definition) is 2. The number of nitrogens with zero attached hydrogens (tertiary/aromatic N) is 1. The molecule has 108 valence electrons. The smallest absolute Gasteiger partial charge is 0.239 e. The third kappa shape index (κ3) is 5.17. The molecule has 0 radical (unpaired) electrons. The molecule has 5 heteroatoms. The van der Waals surface area contributed by atoms with Gasteiger partial charge in [-0.2, -0.15) is 0 Å². The number of hydrogen-bond acceptors (Lipinski definition) is 3. The van der Waals surface area contributed by atoms with E-state index in [-0.39, 0.29) is 5.91 Å². The van der Waals surface area contributed by atoms with Crippen molar-refractivity contribution in [2.45, 2.75) is 19.3 Å². The summed E-state index contributed by atoms with van der Waals surface area (Å²) in [5.41, 5.74) is 6.58. The molecule has 4 nitrogen and oxygen atoms in total. The van der Waals surface area contributed by atoms with Gasteiger partial charge in [-0.1, -0.05) is 30.4 Å². The lowest BCUT2D eigenvalue weighted by molar-refractivity contribution is -0.119. The summed E-state index contributed by atoms with van der Waals surface area (Å²) in [7, 11) is 0. The van der Waals surface area contributed by atoms with Crippen molar-refractivity contribution in [2.24, 2.45) is 11.7 Å². The van der Waals surface area contributed by atoms with Crippen molar-refractivity contribution in [2.75, 3.05) is 24.5 Å². The van der Waals surface area contributed by atoms with E-state index in [1.807, 2.05) is 35.2 Å². The van der Waals surface area contributed by atoms with Crippen LogP contribution in [0.15, 0.2) is 30.3 Å². The molecule has 0 unspecified atom stereocenters. The van der Waals surface area contributed by atoms with Crippen molar-refractivity contribution in [3.05, 3.63) is 30.3 Å². The predicted molar refractivity (Wildman–Crippen MR) is 85.8 cm³/mol. The summed E-state index contributed by atoms with van der Waals surface area (Å²) in [6.45, 7) is 1.81. The first-order chi connectivity index (χ1) is 9.65. The number of amides is 1. The first-order valence-corrected chi connectivity index (χ1v) is 7.41. The average Bonchev–Trinajstić information content (AvgIpc) is 3.26. The highest BCUT2D eigenvalue weighted by Gasteiger charge is 2.22. The maximum atomic E-state index is 12.0. The van der Waals surface area contributed by atoms with Crippen molar-refractivity contribution >= 4 is 28.8 Å². The monoisotopic (exact) mass is 291 g/mol. The second-order valence-corrected chi connectivity index (χ2v) is 5.75. The highest BCUT2D eigenvalue weighted by molar-refractivity contribution is 7.80. The zero-order valence-electron chi connectivity index (χ0n) is 11.5. The zero-order valence-corrected chi connectivity index (χ0v) is 12.4. The Morgan fingerprint density at radius 3 is 2.65 bits per heavy atom. The molecule has 3 N–H and O–H groups in total. The van der Waals surface area contributed by atoms with E-state index < -0.39 is 0 Å². The summed E-state index contributed by atoms with van der Waals surface area (Å²) in [6, 6.07) is 9.88. The molecular formula is C15H21N3OS. The van der Waals surface area contributed by atoms with Crippen molar-refractivity contribution in [1.29, 1.82) is 0 Å². The molecule has 0 bridgehead atoms. The van der Waals surface area contributed by atoms with Crippen LogP contribution < -0.4 is 16.0 Å². The summed E-state index contributed by atoms with van der Waals surface area (Å²) < 4.78 is 0. The van der Waals surface area contributed by atoms with Crippen LogP contribution in [0.2, 0.25) is 0 Å². The quantitative estimate of drug-likeness (QED) is 0.716. The summed E-state index contributed by atoms with van der Waals surface area (Å²) in [5, 5.41) is 2.99. The van der Waals surface area contributed by atoms with Gasteiger partial charge in [-0.05, 0) is 30.9 Å². The number of carbonyl (C=O) groups excluding carboxylic acids is 1. The number of thiocarbonyl (C=S) groups is 1. The molecule has 1 aromatic rings. The number of nitrogens with one attached hydrogen (secondary N) is 1. The van der Waals surface area contributed by atoms with E-state index in [9.17, 15) is 4.79 Å². The van der Waals surface area contributed by atoms with E-state index in [2.05, 4.69) is 5.32 Å². The van der Waals surface area contributed by atoms with Gasteiger partial charge in [0.05, 0.1) is 11.5 Å². The minimum Gasteiger partial charge on any atom is -0.393 e. The highest BCUT2D eigenvalue weighted by Crippen LogP contribution is 2.27. The van der Waals surface area contributed by atoms with Crippen LogP contribution in [0, 0.1) is 5.92 Å². The van der Waals surface area contributed by atoms with Gasteiger partial charge in [-0.25, -0.2) is 0 Å². The zero-order chi connectivity index (χ0) is 14.4. The minimum absolute atomic E-state index is 0.0590. The van der Waals surface area contributed by atoms with Gasteiger partial charge in [0, 0.05) is 25.2 Å². The third-order valence-electron chi connectivity index (χ3n) is 3.37. The Labute approximate surface area is 125 Å². The van der Waals surface area contributed by atoms with Crippen LogP contribution in [-0.4, -0.2) is 30.5 Å². The lowest BCUT2D eigenvalue weighted by Gasteiger charge is -2.24. The second-order valence-electron chi connectivity index (χ2n) is 5.22. The molecule has 0 saturated heterocycles. The molecule has 2 rings (SSSR count). The Morgan fingerprint density at radius 2 is 2.05 bits per heavy atom. The Kier molecular flexibility index (Phi) is 5.35. The molecule has 0 atom stereocenters. The van der Waals surface area contributed by atoms with E-state index in [0.717, 1.165) is 12.2 Å². The van der Waals surface area contributed by atoms with Gasteiger partial charge >= 0.3 is 0 Å². The largest absolute Gasteiger partial charge is 0.393 e. The molecule has 0 aromatic heterocycles. The molecule has 1 fully saturated rings. The number of rotatable bonds is 8. The number of anilines is 1. The van der Waals surface area contributed by atoms with Crippen LogP contribution >= 0.6 is 12.2 Å². The van der Waals surface area contributed by atoms with Crippen molar-refractivity contribution < 1.29 is 4.79 Å². The van der Waals surface area contributed by atoms with E-state index >= 15 is 0 Å². The Hall–Kier alpha value is -1.62. The van der Waals surface area contributed by atoms with E-state index in [1.54, 1.807) is 0 Å². The molecular weight excluding hydrogens is 270 g/mol. The Morgan fingerprint density at radius 1 is 1.35 bits per heavy atom. The fourth-order valence-corrected chi connectivity index (χ4v) is 2.08. The minimum atomic E-state index is 0.0590. The van der Waals surface area contributed by atoms with Gasteiger partial charge in [0.1, 0.15) is 0 Å². The molecule has 1 aliphatic rings. The van der Waals surface area contributed by atoms with E-state index in [4.69, 9.17) is 18.0 Å². The van der Waals surface area contributed by atoms with Crippen molar-refractivity contribution in [3.8, 4) is 0 Å². The van der Waals surface area contributed by atoms with Gasteiger partial charge in [0.15, 0.2) is 0 Å². The number of nitrogens with two attached hydrogens (primary N) is 1. The van der Waals surface area contributed by atoms with Crippen LogP contribution in [0.5, 0.6) is 0 Å². The van der Waals surface area contributed by atoms with Gasteiger partial charge in [-0.3, -0.25) is 4.79 Å². The molecule has 1 aromatic carbocycles. The van der Waals surface area contributed by atoms with Crippen molar-refractivity contribution in [3.63, 3.8) is 0 Å². The normalized spacial score (nSPS) is 13.8. The topological polar surface area (TPSA) is 58.4 Å². The lowest BCUT2D eigenvalue weighted by Crippen LogP contribution is -2.39. The summed E-state index contributed by atoms with van der Waals surface area (Å²) >= 11 is 4.92. The van der Waals surface area contributed by atoms with E-state index in [0.29, 0.717) is 30.4 Å². The van der Waals surface area contributed by atoms with Gasteiger partial charge in [0.25, 0.3) is 0 Å². The van der Waals surface area contributed by atoms with Crippen LogP contribution in [0.4, 0.5) is 5.69 Å². The number of para-hydroxylation sites is 1. The Balaban J connectivity index is 1.90. The van der Waals surface area contributed by atoms with Crippen LogP contribution in [0.1, 0.15) is 19.3 Å². The first kappa shape index (κ1) is 14.8. The van der Waals surface area contributed by atoms with E-state index in [1.165, 1.54) is 12.8 Å². The average molecular weight is 291 g/mol. The molecule has 0 aliphatic heterocycles. The maximum absolute atomic E-state index is 12.0. The number of carbonyl (C=O) groups is 1. The number of benzene rings is 1. The van der Waals surface area contributed by atoms with Crippen LogP contribution in [0.25, 0.3) is 0 Å². The highest BCUT2D eigenvalue weighted by atomic mass is 32.1. The predicted octanol–water partition coefficient (Wildman–Crippen LogP) is 1.70. The Bertz CT molecular complexity index is 459. The van der Waals surface area contributed by atoms with Gasteiger partial charge in [-0.15, -0.1) is 0 Å². The second kappa shape index (κ2) is 7.24. The summed E-state index contributed by atoms with van der Waals surface area (Å²) in [5.74, 6) is 0.754. The third-order valence-corrected chi connectivity index (χ3v) is 3.57. The first-order valence-electron chi connectivity index (χ1n) is 7.00. The van der Waals surface area contributed by atoms with Crippen molar-refractivity contribution in [1.82, 2.24) is 5.32 Å². The standard InChI is InChI=1S/C15H21N3OS/c16-14(20)8-9-18(13-4-2-1-3-5-13)11-15(19)17-10-12-6-7-12/h1-5,12H,6-11H2,(H2,16,20)(H,17,19). The van der Waals surface area contributed by atoms with Gasteiger partial charge < -0.3 is 16.0 Å². The van der Waals surface area contributed by atoms with Crippen LogP contribution in [-0.2, 0) is 4.79 Å². The van der Waals surface area contributed by atoms with Gasteiger partial charge in [0.2, 0.25) is 5.91 Å². The molecule has 0 heterocycles. The lowest BCUT2D eigenvalue weighted by atomic mass is 10.2. The fourth-order valence-electron chi connectivity index (χ4n) is 1.99. The molecule has 1 saturated carbocycles. The maximum Gasteiger partial charge on any atom is 0.239 e. The summed E-state index contributed by atoms with van der Waals surface area (Å²) in [6.07, 6.45) is 3.09. The SMILES string of the molecule is NC(=S)CCN(CC(=O)NCC1CC1)c1ccccc1. The fraction of sp³-hybridized carbons (Fsp3) is 0.467. The molecule has 1 aliphatic carbocycles.